The fourth-order valence-electron chi connectivity index (χ4n) is 1.36. The summed E-state index contributed by atoms with van der Waals surface area (Å²) in [4.78, 5) is 0.0734. The van der Waals surface area contributed by atoms with E-state index in [1.54, 1.807) is 0 Å². The Balaban J connectivity index is 2.72. The van der Waals surface area contributed by atoms with Crippen molar-refractivity contribution in [1.29, 1.82) is 0 Å². The van der Waals surface area contributed by atoms with Crippen LogP contribution in [0.25, 0.3) is 0 Å². The topological polar surface area (TPSA) is 92.4 Å². The summed E-state index contributed by atoms with van der Waals surface area (Å²) in [5.74, 6) is -0.116. The molecule has 0 fully saturated rings. The van der Waals surface area contributed by atoms with Crippen molar-refractivity contribution in [2.24, 2.45) is 0 Å². The van der Waals surface area contributed by atoms with Gasteiger partial charge in [0.15, 0.2) is 0 Å². The summed E-state index contributed by atoms with van der Waals surface area (Å²) in [5.41, 5.74) is 5.51. The number of sulfonamides is 1. The number of rotatable bonds is 6. The second kappa shape index (κ2) is 5.88. The molecular weight excluding hydrogens is 240 g/mol. The highest BCUT2D eigenvalue weighted by Crippen LogP contribution is 2.22. The van der Waals surface area contributed by atoms with Crippen LogP contribution < -0.4 is 10.5 Å². The highest BCUT2D eigenvalue weighted by molar-refractivity contribution is 7.89. The standard InChI is InChI=1S/C11H18N2O3S/c1-2-3-4-7-13-17(15,16)9-5-6-11(14)10(12)8-9/h5-6,8,13-14H,2-4,7,12H2,1H3. The zero-order chi connectivity index (χ0) is 12.9. The summed E-state index contributed by atoms with van der Waals surface area (Å²) >= 11 is 0. The molecule has 0 saturated heterocycles. The first kappa shape index (κ1) is 13.8. The number of anilines is 1. The van der Waals surface area contributed by atoms with Gasteiger partial charge in [0.05, 0.1) is 10.6 Å². The van der Waals surface area contributed by atoms with Crippen LogP contribution in [-0.2, 0) is 10.0 Å². The van der Waals surface area contributed by atoms with Gasteiger partial charge in [-0.2, -0.15) is 0 Å². The number of hydrogen-bond acceptors (Lipinski definition) is 4. The van der Waals surface area contributed by atoms with Gasteiger partial charge in [0, 0.05) is 6.54 Å². The van der Waals surface area contributed by atoms with Crippen molar-refractivity contribution in [1.82, 2.24) is 4.72 Å². The van der Waals surface area contributed by atoms with E-state index in [9.17, 15) is 13.5 Å². The molecule has 96 valence electrons. The van der Waals surface area contributed by atoms with Crippen LogP contribution in [0.4, 0.5) is 5.69 Å². The van der Waals surface area contributed by atoms with E-state index >= 15 is 0 Å². The largest absolute Gasteiger partial charge is 0.506 e. The molecule has 0 radical (unpaired) electrons. The van der Waals surface area contributed by atoms with Crippen LogP contribution in [0.5, 0.6) is 5.75 Å². The minimum absolute atomic E-state index is 0.0569. The molecule has 0 amide bonds. The molecule has 0 atom stereocenters. The lowest BCUT2D eigenvalue weighted by atomic mass is 10.3. The second-order valence-corrected chi connectivity index (χ2v) is 5.59. The Kier molecular flexibility index (Phi) is 4.77. The van der Waals surface area contributed by atoms with Gasteiger partial charge in [0.25, 0.3) is 0 Å². The average molecular weight is 258 g/mol. The van der Waals surface area contributed by atoms with E-state index in [4.69, 9.17) is 5.73 Å². The Bertz CT molecular complexity index is 472. The molecular formula is C11H18N2O3S. The molecule has 0 heterocycles. The number of benzene rings is 1. The van der Waals surface area contributed by atoms with Gasteiger partial charge in [-0.1, -0.05) is 19.8 Å². The van der Waals surface area contributed by atoms with Gasteiger partial charge in [-0.3, -0.25) is 0 Å². The molecule has 0 bridgehead atoms. The number of unbranched alkanes of at least 4 members (excludes halogenated alkanes) is 2. The molecule has 1 rings (SSSR count). The number of phenols is 1. The van der Waals surface area contributed by atoms with E-state index < -0.39 is 10.0 Å². The lowest BCUT2D eigenvalue weighted by Crippen LogP contribution is -2.24. The van der Waals surface area contributed by atoms with Crippen LogP contribution >= 0.6 is 0 Å². The maximum Gasteiger partial charge on any atom is 0.240 e. The zero-order valence-corrected chi connectivity index (χ0v) is 10.6. The van der Waals surface area contributed by atoms with Crippen molar-refractivity contribution in [3.63, 3.8) is 0 Å². The van der Waals surface area contributed by atoms with Crippen LogP contribution in [0.2, 0.25) is 0 Å². The van der Waals surface area contributed by atoms with Crippen molar-refractivity contribution >= 4 is 15.7 Å². The van der Waals surface area contributed by atoms with E-state index in [1.165, 1.54) is 18.2 Å². The lowest BCUT2D eigenvalue weighted by Gasteiger charge is -2.07. The highest BCUT2D eigenvalue weighted by atomic mass is 32.2. The molecule has 0 spiro atoms. The normalized spacial score (nSPS) is 11.6. The van der Waals surface area contributed by atoms with E-state index in [-0.39, 0.29) is 16.3 Å². The molecule has 0 saturated carbocycles. The van der Waals surface area contributed by atoms with E-state index in [1.807, 2.05) is 0 Å². The fraction of sp³-hybridized carbons (Fsp3) is 0.455. The Morgan fingerprint density at radius 2 is 2.06 bits per heavy atom. The van der Waals surface area contributed by atoms with Crippen molar-refractivity contribution in [3.05, 3.63) is 18.2 Å². The van der Waals surface area contributed by atoms with Gasteiger partial charge >= 0.3 is 0 Å². The van der Waals surface area contributed by atoms with Crippen molar-refractivity contribution in [3.8, 4) is 5.75 Å². The Morgan fingerprint density at radius 3 is 2.65 bits per heavy atom. The molecule has 0 aliphatic rings. The molecule has 0 unspecified atom stereocenters. The smallest absolute Gasteiger partial charge is 0.240 e. The van der Waals surface area contributed by atoms with Gasteiger partial charge in [0.1, 0.15) is 5.75 Å². The third kappa shape index (κ3) is 3.90. The summed E-state index contributed by atoms with van der Waals surface area (Å²) in [6.45, 7) is 2.46. The van der Waals surface area contributed by atoms with Crippen LogP contribution in [0.3, 0.4) is 0 Å². The maximum atomic E-state index is 11.8. The van der Waals surface area contributed by atoms with E-state index in [2.05, 4.69) is 11.6 Å². The highest BCUT2D eigenvalue weighted by Gasteiger charge is 2.14. The first-order chi connectivity index (χ1) is 7.97. The number of nitrogens with two attached hydrogens (primary N) is 1. The van der Waals surface area contributed by atoms with Gasteiger partial charge in [-0.15, -0.1) is 0 Å². The molecule has 4 N–H and O–H groups in total. The summed E-state index contributed by atoms with van der Waals surface area (Å²) in [6, 6.07) is 3.85. The van der Waals surface area contributed by atoms with Crippen molar-refractivity contribution in [2.45, 2.75) is 31.1 Å². The predicted octanol–water partition coefficient (Wildman–Crippen LogP) is 1.44. The average Bonchev–Trinajstić information content (AvgIpc) is 2.28. The first-order valence-electron chi connectivity index (χ1n) is 5.55. The molecule has 5 nitrogen and oxygen atoms in total. The number of phenolic OH excluding ortho intramolecular Hbond substituents is 1. The van der Waals surface area contributed by atoms with Crippen LogP contribution in [0, 0.1) is 0 Å². The van der Waals surface area contributed by atoms with Crippen LogP contribution in [-0.4, -0.2) is 20.1 Å². The molecule has 0 aliphatic carbocycles. The molecule has 6 heteroatoms. The Hall–Kier alpha value is -1.27. The maximum absolute atomic E-state index is 11.8. The first-order valence-corrected chi connectivity index (χ1v) is 7.04. The van der Waals surface area contributed by atoms with Gasteiger partial charge in [0.2, 0.25) is 10.0 Å². The number of nitrogens with one attached hydrogen (secondary N) is 1. The van der Waals surface area contributed by atoms with Crippen molar-refractivity contribution in [2.75, 3.05) is 12.3 Å². The Labute approximate surface area is 102 Å². The van der Waals surface area contributed by atoms with Gasteiger partial charge in [-0.25, -0.2) is 13.1 Å². The second-order valence-electron chi connectivity index (χ2n) is 3.83. The van der Waals surface area contributed by atoms with Gasteiger partial charge < -0.3 is 10.8 Å². The predicted molar refractivity (Wildman–Crippen MR) is 67.2 cm³/mol. The Morgan fingerprint density at radius 1 is 1.35 bits per heavy atom. The minimum atomic E-state index is -3.52. The molecule has 17 heavy (non-hydrogen) atoms. The lowest BCUT2D eigenvalue weighted by molar-refractivity contribution is 0.477. The molecule has 1 aromatic rings. The number of hydrogen-bond donors (Lipinski definition) is 3. The molecule has 0 aliphatic heterocycles. The third-order valence-electron chi connectivity index (χ3n) is 2.38. The summed E-state index contributed by atoms with van der Waals surface area (Å²) < 4.78 is 26.1. The van der Waals surface area contributed by atoms with E-state index in [0.717, 1.165) is 19.3 Å². The number of nitrogen functional groups attached to an aromatic ring is 1. The summed E-state index contributed by atoms with van der Waals surface area (Å²) in [6.07, 6.45) is 2.83. The zero-order valence-electron chi connectivity index (χ0n) is 9.81. The van der Waals surface area contributed by atoms with E-state index in [0.29, 0.717) is 6.54 Å². The molecule has 1 aromatic carbocycles. The molecule has 0 aromatic heterocycles. The van der Waals surface area contributed by atoms with Crippen LogP contribution in [0.15, 0.2) is 23.1 Å². The third-order valence-corrected chi connectivity index (χ3v) is 3.84. The quantitative estimate of drug-likeness (QED) is 0.409. The number of aromatic hydroxyl groups is 1. The summed E-state index contributed by atoms with van der Waals surface area (Å²) in [7, 11) is -3.52. The van der Waals surface area contributed by atoms with Crippen molar-refractivity contribution < 1.29 is 13.5 Å². The minimum Gasteiger partial charge on any atom is -0.506 e. The fourth-order valence-corrected chi connectivity index (χ4v) is 2.47. The SMILES string of the molecule is CCCCCNS(=O)(=O)c1ccc(O)c(N)c1. The monoisotopic (exact) mass is 258 g/mol. The summed E-state index contributed by atoms with van der Waals surface area (Å²) in [5, 5.41) is 9.22. The van der Waals surface area contributed by atoms with Crippen LogP contribution in [0.1, 0.15) is 26.2 Å². The van der Waals surface area contributed by atoms with Gasteiger partial charge in [-0.05, 0) is 24.6 Å².